The van der Waals surface area contributed by atoms with E-state index in [1.807, 2.05) is 24.3 Å². The molecule has 1 heterocycles. The average molecular weight is 217 g/mol. The van der Waals surface area contributed by atoms with Gasteiger partial charge in [0.05, 0.1) is 17.6 Å². The van der Waals surface area contributed by atoms with Gasteiger partial charge in [-0.3, -0.25) is 0 Å². The molecule has 0 amide bonds. The van der Waals surface area contributed by atoms with Crippen molar-refractivity contribution in [1.82, 2.24) is 9.97 Å². The molecule has 1 fully saturated rings. The Morgan fingerprint density at radius 1 is 1.38 bits per heavy atom. The number of anilines is 1. The standard InChI is InChI=1S/C12H15N3O/c16-8-7-15(9-5-6-9)12-13-10-3-1-2-4-11(10)14-12/h1-4,9,16H,5-8H2,(H,13,14). The maximum absolute atomic E-state index is 9.07. The summed E-state index contributed by atoms with van der Waals surface area (Å²) in [7, 11) is 0. The number of hydrogen-bond acceptors (Lipinski definition) is 3. The highest BCUT2D eigenvalue weighted by Gasteiger charge is 2.30. The first-order chi connectivity index (χ1) is 7.88. The Hall–Kier alpha value is -1.55. The third kappa shape index (κ3) is 1.65. The van der Waals surface area contributed by atoms with Crippen molar-refractivity contribution >= 4 is 17.0 Å². The van der Waals surface area contributed by atoms with Crippen molar-refractivity contribution in [2.45, 2.75) is 18.9 Å². The summed E-state index contributed by atoms with van der Waals surface area (Å²) < 4.78 is 0. The number of para-hydroxylation sites is 2. The van der Waals surface area contributed by atoms with E-state index in [0.717, 1.165) is 17.0 Å². The lowest BCUT2D eigenvalue weighted by atomic mass is 10.3. The van der Waals surface area contributed by atoms with Crippen LogP contribution in [0.25, 0.3) is 11.0 Å². The molecule has 0 unspecified atom stereocenters. The Morgan fingerprint density at radius 2 is 2.19 bits per heavy atom. The summed E-state index contributed by atoms with van der Waals surface area (Å²) in [5.74, 6) is 0.887. The Bertz CT molecular complexity index is 457. The second-order valence-electron chi connectivity index (χ2n) is 4.23. The van der Waals surface area contributed by atoms with Crippen LogP contribution in [0.5, 0.6) is 0 Å². The lowest BCUT2D eigenvalue weighted by Gasteiger charge is -2.19. The third-order valence-electron chi connectivity index (χ3n) is 2.98. The molecule has 1 aromatic carbocycles. The Labute approximate surface area is 93.9 Å². The lowest BCUT2D eigenvalue weighted by molar-refractivity contribution is 0.300. The summed E-state index contributed by atoms with van der Waals surface area (Å²) in [5.41, 5.74) is 2.04. The van der Waals surface area contributed by atoms with Crippen molar-refractivity contribution in [2.75, 3.05) is 18.1 Å². The number of benzene rings is 1. The molecule has 1 saturated carbocycles. The number of aromatic amines is 1. The molecule has 0 atom stereocenters. The van der Waals surface area contributed by atoms with Crippen molar-refractivity contribution in [3.63, 3.8) is 0 Å². The van der Waals surface area contributed by atoms with Crippen LogP contribution in [0.1, 0.15) is 12.8 Å². The van der Waals surface area contributed by atoms with E-state index in [0.29, 0.717) is 12.6 Å². The second kappa shape index (κ2) is 3.79. The molecule has 1 aliphatic rings. The predicted octanol–water partition coefficient (Wildman–Crippen LogP) is 1.52. The normalized spacial score (nSPS) is 15.6. The van der Waals surface area contributed by atoms with Gasteiger partial charge in [0.2, 0.25) is 5.95 Å². The fourth-order valence-corrected chi connectivity index (χ4v) is 2.03. The molecule has 0 spiro atoms. The van der Waals surface area contributed by atoms with E-state index in [1.165, 1.54) is 12.8 Å². The van der Waals surface area contributed by atoms with Crippen LogP contribution >= 0.6 is 0 Å². The van der Waals surface area contributed by atoms with Gasteiger partial charge in [0, 0.05) is 12.6 Å². The number of rotatable bonds is 4. The molecule has 0 bridgehead atoms. The van der Waals surface area contributed by atoms with Crippen LogP contribution in [0.2, 0.25) is 0 Å². The topological polar surface area (TPSA) is 52.1 Å². The van der Waals surface area contributed by atoms with Gasteiger partial charge < -0.3 is 15.0 Å². The van der Waals surface area contributed by atoms with Gasteiger partial charge in [0.25, 0.3) is 0 Å². The Balaban J connectivity index is 1.96. The summed E-state index contributed by atoms with van der Waals surface area (Å²) in [6.07, 6.45) is 2.41. The minimum Gasteiger partial charge on any atom is -0.395 e. The van der Waals surface area contributed by atoms with E-state index in [2.05, 4.69) is 14.9 Å². The molecule has 1 aliphatic carbocycles. The first-order valence-corrected chi connectivity index (χ1v) is 5.71. The van der Waals surface area contributed by atoms with Crippen molar-refractivity contribution in [3.05, 3.63) is 24.3 Å². The van der Waals surface area contributed by atoms with E-state index in [1.54, 1.807) is 0 Å². The average Bonchev–Trinajstić information content (AvgIpc) is 3.04. The van der Waals surface area contributed by atoms with Crippen LogP contribution in [0.4, 0.5) is 5.95 Å². The molecule has 4 nitrogen and oxygen atoms in total. The minimum absolute atomic E-state index is 0.174. The van der Waals surface area contributed by atoms with E-state index in [9.17, 15) is 0 Å². The first-order valence-electron chi connectivity index (χ1n) is 5.71. The van der Waals surface area contributed by atoms with Gasteiger partial charge in [-0.2, -0.15) is 0 Å². The van der Waals surface area contributed by atoms with Crippen LogP contribution in [0.15, 0.2) is 24.3 Å². The highest BCUT2D eigenvalue weighted by molar-refractivity contribution is 5.77. The number of aromatic nitrogens is 2. The highest BCUT2D eigenvalue weighted by Crippen LogP contribution is 2.30. The summed E-state index contributed by atoms with van der Waals surface area (Å²) in [5, 5.41) is 9.07. The Kier molecular flexibility index (Phi) is 2.29. The molecular weight excluding hydrogens is 202 g/mol. The van der Waals surface area contributed by atoms with Crippen LogP contribution in [0, 0.1) is 0 Å². The van der Waals surface area contributed by atoms with Gasteiger partial charge in [-0.1, -0.05) is 12.1 Å². The van der Waals surface area contributed by atoms with Gasteiger partial charge in [0.1, 0.15) is 0 Å². The minimum atomic E-state index is 0.174. The van der Waals surface area contributed by atoms with Crippen molar-refractivity contribution in [3.8, 4) is 0 Å². The van der Waals surface area contributed by atoms with Gasteiger partial charge in [-0.15, -0.1) is 0 Å². The smallest absolute Gasteiger partial charge is 0.204 e. The zero-order valence-electron chi connectivity index (χ0n) is 9.06. The van der Waals surface area contributed by atoms with Gasteiger partial charge in [0.15, 0.2) is 0 Å². The van der Waals surface area contributed by atoms with Gasteiger partial charge in [-0.25, -0.2) is 4.98 Å². The molecule has 84 valence electrons. The van der Waals surface area contributed by atoms with Gasteiger partial charge in [-0.05, 0) is 25.0 Å². The lowest BCUT2D eigenvalue weighted by Crippen LogP contribution is -2.29. The van der Waals surface area contributed by atoms with E-state index in [4.69, 9.17) is 5.11 Å². The molecule has 4 heteroatoms. The highest BCUT2D eigenvalue weighted by atomic mass is 16.3. The van der Waals surface area contributed by atoms with E-state index in [-0.39, 0.29) is 6.61 Å². The van der Waals surface area contributed by atoms with E-state index < -0.39 is 0 Å². The number of imidazole rings is 1. The number of nitrogens with one attached hydrogen (secondary N) is 1. The summed E-state index contributed by atoms with van der Waals surface area (Å²) in [4.78, 5) is 10.0. The maximum atomic E-state index is 9.07. The fourth-order valence-electron chi connectivity index (χ4n) is 2.03. The summed E-state index contributed by atoms with van der Waals surface area (Å²) >= 11 is 0. The van der Waals surface area contributed by atoms with E-state index >= 15 is 0 Å². The molecule has 1 aromatic heterocycles. The number of nitrogens with zero attached hydrogens (tertiary/aromatic N) is 2. The van der Waals surface area contributed by atoms with Gasteiger partial charge >= 0.3 is 0 Å². The Morgan fingerprint density at radius 3 is 2.88 bits per heavy atom. The maximum Gasteiger partial charge on any atom is 0.204 e. The molecule has 3 rings (SSSR count). The zero-order valence-corrected chi connectivity index (χ0v) is 9.06. The number of aliphatic hydroxyl groups excluding tert-OH is 1. The van der Waals surface area contributed by atoms with Crippen molar-refractivity contribution in [1.29, 1.82) is 0 Å². The second-order valence-corrected chi connectivity index (χ2v) is 4.23. The first kappa shape index (κ1) is 9.66. The fraction of sp³-hybridized carbons (Fsp3) is 0.417. The molecule has 0 saturated heterocycles. The van der Waals surface area contributed by atoms with Crippen molar-refractivity contribution in [2.24, 2.45) is 0 Å². The van der Waals surface area contributed by atoms with Crippen LogP contribution in [0.3, 0.4) is 0 Å². The number of H-pyrrole nitrogens is 1. The largest absolute Gasteiger partial charge is 0.395 e. The summed E-state index contributed by atoms with van der Waals surface area (Å²) in [6.45, 7) is 0.831. The summed E-state index contributed by atoms with van der Waals surface area (Å²) in [6, 6.07) is 8.57. The zero-order chi connectivity index (χ0) is 11.0. The number of hydrogen-bond donors (Lipinski definition) is 2. The quantitative estimate of drug-likeness (QED) is 0.816. The molecule has 2 N–H and O–H groups in total. The van der Waals surface area contributed by atoms with Crippen molar-refractivity contribution < 1.29 is 5.11 Å². The van der Waals surface area contributed by atoms with Crippen LogP contribution < -0.4 is 4.90 Å². The molecule has 0 radical (unpaired) electrons. The third-order valence-corrected chi connectivity index (χ3v) is 2.98. The SMILES string of the molecule is OCCN(c1nc2ccccc2[nH]1)C1CC1. The van der Waals surface area contributed by atoms with Crippen LogP contribution in [-0.2, 0) is 0 Å². The molecular formula is C12H15N3O. The number of fused-ring (bicyclic) bond motifs is 1. The number of aliphatic hydroxyl groups is 1. The van der Waals surface area contributed by atoms with Crippen LogP contribution in [-0.4, -0.2) is 34.3 Å². The molecule has 2 aromatic rings. The molecule has 0 aliphatic heterocycles. The monoisotopic (exact) mass is 217 g/mol. The molecule has 16 heavy (non-hydrogen) atoms. The predicted molar refractivity (Wildman–Crippen MR) is 63.5 cm³/mol.